The second-order valence-corrected chi connectivity index (χ2v) is 4.32. The summed E-state index contributed by atoms with van der Waals surface area (Å²) in [7, 11) is 0. The molecule has 1 aliphatic rings. The Kier molecular flexibility index (Phi) is 3.76. The van der Waals surface area contributed by atoms with Gasteiger partial charge in [0.1, 0.15) is 17.1 Å². The van der Waals surface area contributed by atoms with Gasteiger partial charge in [0.15, 0.2) is 6.10 Å². The van der Waals surface area contributed by atoms with E-state index in [2.05, 4.69) is 4.74 Å². The number of carbonyl (C=O) groups is 1. The summed E-state index contributed by atoms with van der Waals surface area (Å²) in [5.74, 6) is -1.83. The van der Waals surface area contributed by atoms with E-state index >= 15 is 0 Å². The van der Waals surface area contributed by atoms with Gasteiger partial charge in [-0.1, -0.05) is 6.07 Å². The van der Waals surface area contributed by atoms with Crippen molar-refractivity contribution in [2.45, 2.75) is 12.3 Å². The molecule has 0 aliphatic carbocycles. The number of morpholine rings is 1. The highest BCUT2D eigenvalue weighted by Gasteiger charge is 2.44. The van der Waals surface area contributed by atoms with Crippen molar-refractivity contribution in [3.8, 4) is 11.5 Å². The molecule has 20 heavy (non-hydrogen) atoms. The van der Waals surface area contributed by atoms with Gasteiger partial charge in [0, 0.05) is 6.54 Å². The second-order valence-electron chi connectivity index (χ2n) is 4.32. The van der Waals surface area contributed by atoms with Crippen molar-refractivity contribution in [2.75, 3.05) is 19.7 Å². The van der Waals surface area contributed by atoms with Crippen LogP contribution in [0.3, 0.4) is 0 Å². The van der Waals surface area contributed by atoms with Crippen LogP contribution in [0.5, 0.6) is 11.5 Å². The number of ether oxygens (including phenoxy) is 1. The highest BCUT2D eigenvalue weighted by molar-refractivity contribution is 5.99. The predicted molar refractivity (Wildman–Crippen MR) is 61.5 cm³/mol. The van der Waals surface area contributed by atoms with E-state index < -0.39 is 41.8 Å². The molecule has 1 unspecified atom stereocenters. The first-order valence-corrected chi connectivity index (χ1v) is 5.79. The molecule has 0 radical (unpaired) electrons. The number of phenols is 2. The minimum atomic E-state index is -4.57. The third-order valence-corrected chi connectivity index (χ3v) is 2.95. The van der Waals surface area contributed by atoms with Crippen LogP contribution in [0.15, 0.2) is 18.2 Å². The number of aromatic hydroxyl groups is 2. The summed E-state index contributed by atoms with van der Waals surface area (Å²) < 4.78 is 42.3. The van der Waals surface area contributed by atoms with E-state index in [0.29, 0.717) is 0 Å². The lowest BCUT2D eigenvalue weighted by molar-refractivity contribution is -0.233. The standard InChI is InChI=1S/C12H12F3NO4/c13-12(14,15)9-6-16(4-5-20-9)11(19)10-7(17)2-1-3-8(10)18/h1-3,9,17-18H,4-6H2. The van der Waals surface area contributed by atoms with E-state index in [0.717, 1.165) is 4.90 Å². The summed E-state index contributed by atoms with van der Waals surface area (Å²) in [6.45, 7) is -0.973. The Morgan fingerprint density at radius 3 is 2.45 bits per heavy atom. The van der Waals surface area contributed by atoms with Gasteiger partial charge < -0.3 is 19.8 Å². The molecule has 0 spiro atoms. The summed E-state index contributed by atoms with van der Waals surface area (Å²) in [6, 6.07) is 3.67. The zero-order valence-electron chi connectivity index (χ0n) is 10.2. The number of phenolic OH excluding ortho intramolecular Hbond substituents is 2. The van der Waals surface area contributed by atoms with Crippen molar-refractivity contribution in [2.24, 2.45) is 0 Å². The lowest BCUT2D eigenvalue weighted by Crippen LogP contribution is -2.51. The molecule has 1 heterocycles. The van der Waals surface area contributed by atoms with Crippen LogP contribution in [0, 0.1) is 0 Å². The van der Waals surface area contributed by atoms with Gasteiger partial charge in [-0.2, -0.15) is 13.2 Å². The molecule has 1 amide bonds. The molecule has 2 N–H and O–H groups in total. The van der Waals surface area contributed by atoms with Gasteiger partial charge in [0.25, 0.3) is 5.91 Å². The highest BCUT2D eigenvalue weighted by Crippen LogP contribution is 2.30. The molecule has 5 nitrogen and oxygen atoms in total. The minimum Gasteiger partial charge on any atom is -0.507 e. The normalized spacial score (nSPS) is 19.9. The van der Waals surface area contributed by atoms with Crippen molar-refractivity contribution in [3.05, 3.63) is 23.8 Å². The topological polar surface area (TPSA) is 70.0 Å². The van der Waals surface area contributed by atoms with Crippen LogP contribution in [0.2, 0.25) is 0 Å². The maximum atomic E-state index is 12.6. The molecule has 110 valence electrons. The molecule has 1 aromatic carbocycles. The van der Waals surface area contributed by atoms with Gasteiger partial charge in [-0.25, -0.2) is 0 Å². The third kappa shape index (κ3) is 2.79. The highest BCUT2D eigenvalue weighted by atomic mass is 19.4. The fraction of sp³-hybridized carbons (Fsp3) is 0.417. The van der Waals surface area contributed by atoms with Crippen LogP contribution in [-0.2, 0) is 4.74 Å². The molecule has 1 fully saturated rings. The predicted octanol–water partition coefficient (Wildman–Crippen LogP) is 1.50. The van der Waals surface area contributed by atoms with Crippen LogP contribution >= 0.6 is 0 Å². The summed E-state index contributed by atoms with van der Waals surface area (Å²) >= 11 is 0. The van der Waals surface area contributed by atoms with E-state index in [4.69, 9.17) is 0 Å². The van der Waals surface area contributed by atoms with E-state index in [1.807, 2.05) is 0 Å². The Bertz CT molecular complexity index is 498. The average molecular weight is 291 g/mol. The van der Waals surface area contributed by atoms with Crippen LogP contribution in [-0.4, -0.2) is 53.0 Å². The smallest absolute Gasteiger partial charge is 0.416 e. The van der Waals surface area contributed by atoms with Crippen molar-refractivity contribution < 1.29 is 32.9 Å². The molecule has 1 atom stereocenters. The van der Waals surface area contributed by atoms with Gasteiger partial charge in [0.05, 0.1) is 13.2 Å². The lowest BCUT2D eigenvalue weighted by atomic mass is 10.1. The Hall–Kier alpha value is -1.96. The SMILES string of the molecule is O=C(c1c(O)cccc1O)N1CCOC(C(F)(F)F)C1. The van der Waals surface area contributed by atoms with Crippen molar-refractivity contribution in [3.63, 3.8) is 0 Å². The summed E-state index contributed by atoms with van der Waals surface area (Å²) in [5, 5.41) is 19.1. The summed E-state index contributed by atoms with van der Waals surface area (Å²) in [6.07, 6.45) is -6.63. The first-order valence-electron chi connectivity index (χ1n) is 5.79. The van der Waals surface area contributed by atoms with E-state index in [1.165, 1.54) is 18.2 Å². The van der Waals surface area contributed by atoms with Crippen molar-refractivity contribution in [1.82, 2.24) is 4.90 Å². The number of benzene rings is 1. The number of nitrogens with zero attached hydrogens (tertiary/aromatic N) is 1. The Labute approximate surface area is 112 Å². The van der Waals surface area contributed by atoms with Gasteiger partial charge in [-0.05, 0) is 12.1 Å². The molecular weight excluding hydrogens is 279 g/mol. The number of hydrogen-bond donors (Lipinski definition) is 2. The van der Waals surface area contributed by atoms with Crippen LogP contribution in [0.25, 0.3) is 0 Å². The summed E-state index contributed by atoms with van der Waals surface area (Å²) in [5.41, 5.74) is -0.407. The Morgan fingerprint density at radius 2 is 1.90 bits per heavy atom. The Morgan fingerprint density at radius 1 is 1.30 bits per heavy atom. The number of rotatable bonds is 1. The second kappa shape index (κ2) is 5.20. The van der Waals surface area contributed by atoms with Crippen LogP contribution in [0.4, 0.5) is 13.2 Å². The fourth-order valence-corrected chi connectivity index (χ4v) is 1.94. The molecule has 1 saturated heterocycles. The zero-order valence-corrected chi connectivity index (χ0v) is 10.2. The van der Waals surface area contributed by atoms with Crippen LogP contribution < -0.4 is 0 Å². The minimum absolute atomic E-state index is 0.0425. The largest absolute Gasteiger partial charge is 0.507 e. The van der Waals surface area contributed by atoms with Gasteiger partial charge in [0.2, 0.25) is 0 Å². The molecule has 0 aromatic heterocycles. The van der Waals surface area contributed by atoms with E-state index in [9.17, 15) is 28.2 Å². The van der Waals surface area contributed by atoms with Gasteiger partial charge in [-0.3, -0.25) is 4.79 Å². The molecule has 2 rings (SSSR count). The average Bonchev–Trinajstić information content (AvgIpc) is 2.37. The molecule has 0 bridgehead atoms. The zero-order chi connectivity index (χ0) is 14.9. The number of halogens is 3. The monoisotopic (exact) mass is 291 g/mol. The van der Waals surface area contributed by atoms with Gasteiger partial charge in [-0.15, -0.1) is 0 Å². The fourth-order valence-electron chi connectivity index (χ4n) is 1.94. The number of amides is 1. The first kappa shape index (κ1) is 14.4. The number of hydrogen-bond acceptors (Lipinski definition) is 4. The Balaban J connectivity index is 2.21. The number of alkyl halides is 3. The van der Waals surface area contributed by atoms with Crippen LogP contribution in [0.1, 0.15) is 10.4 Å². The van der Waals surface area contributed by atoms with E-state index in [1.54, 1.807) is 0 Å². The first-order chi connectivity index (χ1) is 9.30. The molecule has 0 saturated carbocycles. The molecule has 1 aliphatic heterocycles. The molecular formula is C12H12F3NO4. The maximum absolute atomic E-state index is 12.6. The lowest BCUT2D eigenvalue weighted by Gasteiger charge is -2.34. The van der Waals surface area contributed by atoms with Crippen molar-refractivity contribution >= 4 is 5.91 Å². The van der Waals surface area contributed by atoms with Crippen molar-refractivity contribution in [1.29, 1.82) is 0 Å². The quantitative estimate of drug-likeness (QED) is 0.822. The molecule has 8 heteroatoms. The molecule has 1 aromatic rings. The summed E-state index contributed by atoms with van der Waals surface area (Å²) in [4.78, 5) is 13.0. The number of carbonyl (C=O) groups excluding carboxylic acids is 1. The third-order valence-electron chi connectivity index (χ3n) is 2.95. The van der Waals surface area contributed by atoms with E-state index in [-0.39, 0.29) is 13.2 Å². The van der Waals surface area contributed by atoms with Gasteiger partial charge >= 0.3 is 6.18 Å². The maximum Gasteiger partial charge on any atom is 0.416 e.